The standard InChI is InChI=1S/C24H40O8/c25-21(22(26)14-8-3-4-9-15-23(27)28)13-7-2-1-6-12-20-18-29-31-24(32-30-19-20)16-10-5-11-17-24/h20H,1-19H2,(H,27,28). The summed E-state index contributed by atoms with van der Waals surface area (Å²) in [6.45, 7) is 0.989. The van der Waals surface area contributed by atoms with Gasteiger partial charge >= 0.3 is 5.97 Å². The first-order valence-corrected chi connectivity index (χ1v) is 12.4. The zero-order valence-corrected chi connectivity index (χ0v) is 19.3. The molecule has 8 heteroatoms. The quantitative estimate of drug-likeness (QED) is 0.206. The van der Waals surface area contributed by atoms with E-state index in [2.05, 4.69) is 0 Å². The molecule has 1 heterocycles. The van der Waals surface area contributed by atoms with Gasteiger partial charge in [-0.15, -0.1) is 0 Å². The number of carbonyl (C=O) groups excluding carboxylic acids is 2. The predicted molar refractivity (Wildman–Crippen MR) is 116 cm³/mol. The van der Waals surface area contributed by atoms with E-state index in [0.717, 1.165) is 70.6 Å². The van der Waals surface area contributed by atoms with Crippen molar-refractivity contribution in [3.63, 3.8) is 0 Å². The highest BCUT2D eigenvalue weighted by Gasteiger charge is 2.38. The predicted octanol–water partition coefficient (Wildman–Crippen LogP) is 5.08. The second kappa shape index (κ2) is 15.5. The molecule has 1 N–H and O–H groups in total. The van der Waals surface area contributed by atoms with Gasteiger partial charge in [-0.1, -0.05) is 38.5 Å². The SMILES string of the molecule is O=C(O)CCCCCCC(=O)C(=O)CCCCCCC1COOC2(CCCCC2)OOC1. The maximum Gasteiger partial charge on any atom is 0.303 e. The van der Waals surface area contributed by atoms with E-state index in [1.54, 1.807) is 0 Å². The minimum absolute atomic E-state index is 0.163. The van der Waals surface area contributed by atoms with Crippen LogP contribution in [0, 0.1) is 5.92 Å². The van der Waals surface area contributed by atoms with Crippen molar-refractivity contribution in [1.82, 2.24) is 0 Å². The van der Waals surface area contributed by atoms with Crippen molar-refractivity contribution in [1.29, 1.82) is 0 Å². The summed E-state index contributed by atoms with van der Waals surface area (Å²) in [7, 11) is 0. The first-order chi connectivity index (χ1) is 15.5. The van der Waals surface area contributed by atoms with Gasteiger partial charge < -0.3 is 5.11 Å². The van der Waals surface area contributed by atoms with Gasteiger partial charge in [0.25, 0.3) is 0 Å². The van der Waals surface area contributed by atoms with Crippen LogP contribution in [-0.4, -0.2) is 41.6 Å². The molecule has 0 amide bonds. The molecule has 1 saturated carbocycles. The minimum Gasteiger partial charge on any atom is -0.481 e. The van der Waals surface area contributed by atoms with E-state index in [-0.39, 0.29) is 30.3 Å². The fraction of sp³-hybridized carbons (Fsp3) is 0.875. The van der Waals surface area contributed by atoms with Gasteiger partial charge in [-0.2, -0.15) is 9.78 Å². The number of carboxylic acid groups (broad SMARTS) is 1. The molecule has 2 aliphatic rings. The zero-order chi connectivity index (χ0) is 23.1. The van der Waals surface area contributed by atoms with Crippen molar-refractivity contribution in [3.8, 4) is 0 Å². The lowest BCUT2D eigenvalue weighted by Crippen LogP contribution is -2.41. The Labute approximate surface area is 191 Å². The van der Waals surface area contributed by atoms with E-state index in [1.807, 2.05) is 0 Å². The molecular weight excluding hydrogens is 416 g/mol. The highest BCUT2D eigenvalue weighted by atomic mass is 17.3. The number of aliphatic carboxylic acids is 1. The van der Waals surface area contributed by atoms with E-state index in [4.69, 9.17) is 24.7 Å². The van der Waals surface area contributed by atoms with Crippen LogP contribution in [0.25, 0.3) is 0 Å². The zero-order valence-electron chi connectivity index (χ0n) is 19.3. The van der Waals surface area contributed by atoms with Gasteiger partial charge in [0.05, 0.1) is 13.2 Å². The smallest absolute Gasteiger partial charge is 0.303 e. The van der Waals surface area contributed by atoms with E-state index in [0.29, 0.717) is 32.5 Å². The molecule has 0 atom stereocenters. The van der Waals surface area contributed by atoms with Crippen LogP contribution < -0.4 is 0 Å². The summed E-state index contributed by atoms with van der Waals surface area (Å²) in [5, 5.41) is 8.58. The summed E-state index contributed by atoms with van der Waals surface area (Å²) in [5.41, 5.74) is 0. The number of hydrogen-bond acceptors (Lipinski definition) is 7. The van der Waals surface area contributed by atoms with Crippen molar-refractivity contribution < 1.29 is 39.0 Å². The third-order valence-corrected chi connectivity index (χ3v) is 6.27. The summed E-state index contributed by atoms with van der Waals surface area (Å²) in [6, 6.07) is 0. The number of hydrogen-bond donors (Lipinski definition) is 1. The third-order valence-electron chi connectivity index (χ3n) is 6.27. The maximum atomic E-state index is 11.9. The number of unbranched alkanes of at least 4 members (excludes halogenated alkanes) is 6. The number of Topliss-reactive ketones (excluding diaryl/α,β-unsaturated/α-hetero) is 2. The Balaban J connectivity index is 1.44. The van der Waals surface area contributed by atoms with Crippen LogP contribution in [-0.2, 0) is 33.9 Å². The molecule has 32 heavy (non-hydrogen) atoms. The van der Waals surface area contributed by atoms with E-state index < -0.39 is 11.8 Å². The molecule has 1 aliphatic heterocycles. The first-order valence-electron chi connectivity index (χ1n) is 12.4. The molecule has 1 aliphatic carbocycles. The summed E-state index contributed by atoms with van der Waals surface area (Å²) in [5.74, 6) is -1.87. The second-order valence-electron chi connectivity index (χ2n) is 9.18. The largest absolute Gasteiger partial charge is 0.481 e. The van der Waals surface area contributed by atoms with Crippen LogP contribution in [0.1, 0.15) is 109 Å². The minimum atomic E-state index is -0.793. The average Bonchev–Trinajstić information content (AvgIpc) is 2.76. The molecule has 8 nitrogen and oxygen atoms in total. The summed E-state index contributed by atoms with van der Waals surface area (Å²) >= 11 is 0. The van der Waals surface area contributed by atoms with Gasteiger partial charge in [0, 0.05) is 38.0 Å². The molecule has 0 aromatic carbocycles. The summed E-state index contributed by atoms with van der Waals surface area (Å²) < 4.78 is 0. The molecule has 0 aromatic heterocycles. The molecule has 1 spiro atoms. The molecular formula is C24H40O8. The Kier molecular flexibility index (Phi) is 13.0. The number of carbonyl (C=O) groups is 3. The Bertz CT molecular complexity index is 558. The summed E-state index contributed by atoms with van der Waals surface area (Å²) in [6.07, 6.45) is 13.1. The van der Waals surface area contributed by atoms with Gasteiger partial charge in [0.15, 0.2) is 11.6 Å². The molecule has 0 unspecified atom stereocenters. The molecule has 0 aromatic rings. The molecule has 0 bridgehead atoms. The monoisotopic (exact) mass is 456 g/mol. The fourth-order valence-electron chi connectivity index (χ4n) is 4.23. The van der Waals surface area contributed by atoms with E-state index >= 15 is 0 Å². The highest BCUT2D eigenvalue weighted by molar-refractivity contribution is 6.37. The third kappa shape index (κ3) is 11.0. The van der Waals surface area contributed by atoms with Gasteiger partial charge in [-0.05, 0) is 38.5 Å². The molecule has 0 radical (unpaired) electrons. The summed E-state index contributed by atoms with van der Waals surface area (Å²) in [4.78, 5) is 56.3. The van der Waals surface area contributed by atoms with Crippen molar-refractivity contribution in [2.24, 2.45) is 5.92 Å². The van der Waals surface area contributed by atoms with Crippen LogP contribution >= 0.6 is 0 Å². The van der Waals surface area contributed by atoms with Gasteiger partial charge in [-0.25, -0.2) is 9.78 Å². The Morgan fingerprint density at radius 2 is 1.19 bits per heavy atom. The van der Waals surface area contributed by atoms with Crippen LogP contribution in [0.3, 0.4) is 0 Å². The van der Waals surface area contributed by atoms with Crippen molar-refractivity contribution in [3.05, 3.63) is 0 Å². The second-order valence-corrected chi connectivity index (χ2v) is 9.18. The van der Waals surface area contributed by atoms with Crippen molar-refractivity contribution in [2.75, 3.05) is 13.2 Å². The van der Waals surface area contributed by atoms with Crippen LogP contribution in [0.5, 0.6) is 0 Å². The highest BCUT2D eigenvalue weighted by Crippen LogP contribution is 2.34. The van der Waals surface area contributed by atoms with E-state index in [1.165, 1.54) is 6.42 Å². The normalized spacial score (nSPS) is 19.4. The lowest BCUT2D eigenvalue weighted by molar-refractivity contribution is -0.533. The van der Waals surface area contributed by atoms with Gasteiger partial charge in [0.2, 0.25) is 5.79 Å². The number of rotatable bonds is 15. The Hall–Kier alpha value is -1.35. The lowest BCUT2D eigenvalue weighted by Gasteiger charge is -2.36. The first kappa shape index (κ1) is 26.9. The fourth-order valence-corrected chi connectivity index (χ4v) is 4.23. The van der Waals surface area contributed by atoms with Gasteiger partial charge in [0.1, 0.15) is 0 Å². The van der Waals surface area contributed by atoms with Crippen LogP contribution in [0.4, 0.5) is 0 Å². The number of carboxylic acids is 1. The average molecular weight is 457 g/mol. The number of ketones is 2. The van der Waals surface area contributed by atoms with Gasteiger partial charge in [-0.3, -0.25) is 14.4 Å². The molecule has 2 fully saturated rings. The topological polar surface area (TPSA) is 108 Å². The molecule has 184 valence electrons. The van der Waals surface area contributed by atoms with Crippen molar-refractivity contribution >= 4 is 17.5 Å². The van der Waals surface area contributed by atoms with Crippen molar-refractivity contribution in [2.45, 2.75) is 115 Å². The molecule has 2 rings (SSSR count). The Morgan fingerprint density at radius 3 is 1.72 bits per heavy atom. The van der Waals surface area contributed by atoms with Crippen LogP contribution in [0.15, 0.2) is 0 Å². The maximum absolute atomic E-state index is 11.9. The van der Waals surface area contributed by atoms with Crippen LogP contribution in [0.2, 0.25) is 0 Å². The Morgan fingerprint density at radius 1 is 0.688 bits per heavy atom. The lowest BCUT2D eigenvalue weighted by atomic mass is 9.94. The molecule has 1 saturated heterocycles. The van der Waals surface area contributed by atoms with E-state index in [9.17, 15) is 14.4 Å².